The quantitative estimate of drug-likeness (QED) is 0.824. The van der Waals surface area contributed by atoms with Crippen molar-refractivity contribution < 1.29 is 9.53 Å². The molecule has 1 aromatic heterocycles. The minimum Gasteiger partial charge on any atom is -0.384 e. The molecule has 1 aliphatic rings. The van der Waals surface area contributed by atoms with E-state index in [-0.39, 0.29) is 5.91 Å². The highest BCUT2D eigenvalue weighted by Gasteiger charge is 2.40. The molecular weight excluding hydrogens is 270 g/mol. The Morgan fingerprint density at radius 2 is 2.33 bits per heavy atom. The van der Waals surface area contributed by atoms with E-state index >= 15 is 0 Å². The number of nitrogens with zero attached hydrogens (tertiary/aromatic N) is 3. The third kappa shape index (κ3) is 3.41. The van der Waals surface area contributed by atoms with Crippen molar-refractivity contribution in [1.82, 2.24) is 15.3 Å². The fourth-order valence-corrected chi connectivity index (χ4v) is 2.57. The molecule has 1 aromatic rings. The summed E-state index contributed by atoms with van der Waals surface area (Å²) in [5.41, 5.74) is 5.45. The summed E-state index contributed by atoms with van der Waals surface area (Å²) in [6.07, 6.45) is 0.789. The van der Waals surface area contributed by atoms with Gasteiger partial charge in [0.05, 0.1) is 5.41 Å². The lowest BCUT2D eigenvalue weighted by atomic mass is 9.89. The summed E-state index contributed by atoms with van der Waals surface area (Å²) in [4.78, 5) is 22.7. The van der Waals surface area contributed by atoms with Crippen LogP contribution >= 0.6 is 0 Å². The SMILES string of the molecule is CCOCc1nc(N)cc(N2CCC(C)(C(=O)NC)C2)n1. The van der Waals surface area contributed by atoms with Crippen LogP contribution < -0.4 is 16.0 Å². The number of hydrogen-bond acceptors (Lipinski definition) is 6. The topological polar surface area (TPSA) is 93.4 Å². The Labute approximate surface area is 124 Å². The molecule has 2 rings (SSSR count). The van der Waals surface area contributed by atoms with Crippen molar-refractivity contribution in [2.75, 3.05) is 37.4 Å². The Kier molecular flexibility index (Phi) is 4.62. The minimum absolute atomic E-state index is 0.0570. The van der Waals surface area contributed by atoms with Crippen molar-refractivity contribution in [2.45, 2.75) is 26.9 Å². The van der Waals surface area contributed by atoms with Gasteiger partial charge in [-0.3, -0.25) is 4.79 Å². The fraction of sp³-hybridized carbons (Fsp3) is 0.643. The second kappa shape index (κ2) is 6.26. The fourth-order valence-electron chi connectivity index (χ4n) is 2.57. The maximum atomic E-state index is 12.0. The van der Waals surface area contributed by atoms with Crippen LogP contribution in [-0.4, -0.2) is 42.6 Å². The molecule has 0 radical (unpaired) electrons. The zero-order valence-corrected chi connectivity index (χ0v) is 12.8. The van der Waals surface area contributed by atoms with Crippen LogP contribution in [0.1, 0.15) is 26.1 Å². The lowest BCUT2D eigenvalue weighted by Gasteiger charge is -2.23. The summed E-state index contributed by atoms with van der Waals surface area (Å²) in [5, 5.41) is 2.73. The van der Waals surface area contributed by atoms with Gasteiger partial charge in [-0.25, -0.2) is 9.97 Å². The number of nitrogens with one attached hydrogen (secondary N) is 1. The third-order valence-electron chi connectivity index (χ3n) is 3.79. The van der Waals surface area contributed by atoms with Crippen LogP contribution in [0.3, 0.4) is 0 Å². The number of ether oxygens (including phenoxy) is 1. The molecule has 0 aliphatic carbocycles. The molecule has 1 aliphatic heterocycles. The Bertz CT molecular complexity index is 522. The number of nitrogen functional groups attached to an aromatic ring is 1. The molecule has 1 unspecified atom stereocenters. The molecule has 116 valence electrons. The van der Waals surface area contributed by atoms with Crippen molar-refractivity contribution in [2.24, 2.45) is 5.41 Å². The lowest BCUT2D eigenvalue weighted by molar-refractivity contribution is -0.128. The van der Waals surface area contributed by atoms with E-state index in [9.17, 15) is 4.79 Å². The molecular formula is C14H23N5O2. The molecule has 0 bridgehead atoms. The van der Waals surface area contributed by atoms with Crippen LogP contribution in [0.15, 0.2) is 6.07 Å². The van der Waals surface area contributed by atoms with E-state index in [0.717, 1.165) is 18.8 Å². The predicted molar refractivity (Wildman–Crippen MR) is 80.8 cm³/mol. The molecule has 0 aromatic carbocycles. The summed E-state index contributed by atoms with van der Waals surface area (Å²) < 4.78 is 5.33. The van der Waals surface area contributed by atoms with Gasteiger partial charge in [-0.05, 0) is 20.3 Å². The molecule has 7 nitrogen and oxygen atoms in total. The van der Waals surface area contributed by atoms with Gasteiger partial charge in [0.2, 0.25) is 5.91 Å². The van der Waals surface area contributed by atoms with Crippen LogP contribution in [0.25, 0.3) is 0 Å². The van der Waals surface area contributed by atoms with E-state index in [1.165, 1.54) is 0 Å². The van der Waals surface area contributed by atoms with Crippen LogP contribution in [0, 0.1) is 5.41 Å². The monoisotopic (exact) mass is 293 g/mol. The highest BCUT2D eigenvalue weighted by molar-refractivity contribution is 5.83. The standard InChI is InChI=1S/C14H23N5O2/c1-4-21-8-11-17-10(15)7-12(18-11)19-6-5-14(2,9-19)13(20)16-3/h7H,4-6,8-9H2,1-3H3,(H,16,20)(H2,15,17,18). The zero-order valence-electron chi connectivity index (χ0n) is 12.8. The molecule has 7 heteroatoms. The van der Waals surface area contributed by atoms with Gasteiger partial charge in [-0.2, -0.15) is 0 Å². The third-order valence-corrected chi connectivity index (χ3v) is 3.79. The molecule has 1 saturated heterocycles. The van der Waals surface area contributed by atoms with Gasteiger partial charge in [0.25, 0.3) is 0 Å². The van der Waals surface area contributed by atoms with E-state index in [4.69, 9.17) is 10.5 Å². The summed E-state index contributed by atoms with van der Waals surface area (Å²) in [5.74, 6) is 1.80. The van der Waals surface area contributed by atoms with Gasteiger partial charge in [0.1, 0.15) is 18.2 Å². The number of carbonyl (C=O) groups is 1. The number of carbonyl (C=O) groups excluding carboxylic acids is 1. The lowest BCUT2D eigenvalue weighted by Crippen LogP contribution is -2.39. The smallest absolute Gasteiger partial charge is 0.227 e. The van der Waals surface area contributed by atoms with E-state index in [2.05, 4.69) is 20.2 Å². The number of aromatic nitrogens is 2. The normalized spacial score (nSPS) is 21.6. The number of hydrogen-bond donors (Lipinski definition) is 2. The summed E-state index contributed by atoms with van der Waals surface area (Å²) in [7, 11) is 1.67. The van der Waals surface area contributed by atoms with Gasteiger partial charge in [-0.1, -0.05) is 0 Å². The second-order valence-corrected chi connectivity index (χ2v) is 5.52. The van der Waals surface area contributed by atoms with E-state index < -0.39 is 5.41 Å². The minimum atomic E-state index is -0.394. The molecule has 3 N–H and O–H groups in total. The van der Waals surface area contributed by atoms with E-state index in [1.807, 2.05) is 13.8 Å². The maximum absolute atomic E-state index is 12.0. The van der Waals surface area contributed by atoms with Crippen LogP contribution in [0.5, 0.6) is 0 Å². The average molecular weight is 293 g/mol. The average Bonchev–Trinajstić information content (AvgIpc) is 2.87. The Morgan fingerprint density at radius 3 is 3.00 bits per heavy atom. The first-order valence-corrected chi connectivity index (χ1v) is 7.17. The predicted octanol–water partition coefficient (Wildman–Crippen LogP) is 0.558. The first-order valence-electron chi connectivity index (χ1n) is 7.17. The summed E-state index contributed by atoms with van der Waals surface area (Å²) >= 11 is 0. The number of anilines is 2. The zero-order chi connectivity index (χ0) is 15.5. The van der Waals surface area contributed by atoms with E-state index in [1.54, 1.807) is 13.1 Å². The van der Waals surface area contributed by atoms with Crippen molar-refractivity contribution in [1.29, 1.82) is 0 Å². The molecule has 1 atom stereocenters. The molecule has 1 amide bonds. The van der Waals surface area contributed by atoms with Crippen LogP contribution in [-0.2, 0) is 16.1 Å². The van der Waals surface area contributed by atoms with Gasteiger partial charge in [-0.15, -0.1) is 0 Å². The first kappa shape index (κ1) is 15.5. The largest absolute Gasteiger partial charge is 0.384 e. The molecule has 0 saturated carbocycles. The van der Waals surface area contributed by atoms with Crippen molar-refractivity contribution in [3.8, 4) is 0 Å². The Balaban J connectivity index is 2.16. The first-order chi connectivity index (χ1) is 9.98. The summed E-state index contributed by atoms with van der Waals surface area (Å²) in [6, 6.07) is 1.74. The van der Waals surface area contributed by atoms with E-state index in [0.29, 0.717) is 31.4 Å². The van der Waals surface area contributed by atoms with Crippen molar-refractivity contribution in [3.05, 3.63) is 11.9 Å². The molecule has 0 spiro atoms. The number of rotatable bonds is 5. The molecule has 2 heterocycles. The highest BCUT2D eigenvalue weighted by Crippen LogP contribution is 2.33. The second-order valence-electron chi connectivity index (χ2n) is 5.52. The van der Waals surface area contributed by atoms with Gasteiger partial charge in [0, 0.05) is 32.8 Å². The molecule has 21 heavy (non-hydrogen) atoms. The molecule has 1 fully saturated rings. The Hall–Kier alpha value is -1.89. The van der Waals surface area contributed by atoms with Crippen LogP contribution in [0.2, 0.25) is 0 Å². The highest BCUT2D eigenvalue weighted by atomic mass is 16.5. The number of nitrogens with two attached hydrogens (primary N) is 1. The van der Waals surface area contributed by atoms with Crippen molar-refractivity contribution in [3.63, 3.8) is 0 Å². The van der Waals surface area contributed by atoms with Gasteiger partial charge < -0.3 is 20.7 Å². The van der Waals surface area contributed by atoms with Gasteiger partial charge >= 0.3 is 0 Å². The van der Waals surface area contributed by atoms with Gasteiger partial charge in [0.15, 0.2) is 5.82 Å². The Morgan fingerprint density at radius 1 is 1.57 bits per heavy atom. The number of amides is 1. The van der Waals surface area contributed by atoms with Crippen LogP contribution in [0.4, 0.5) is 11.6 Å². The van der Waals surface area contributed by atoms with Crippen molar-refractivity contribution >= 4 is 17.5 Å². The maximum Gasteiger partial charge on any atom is 0.227 e. The summed E-state index contributed by atoms with van der Waals surface area (Å²) in [6.45, 7) is 6.23.